The SMILES string of the molecule is COc1cc(Br)c(F)c(C(C)N)c1. The van der Waals surface area contributed by atoms with Gasteiger partial charge in [-0.15, -0.1) is 0 Å². The Hall–Kier alpha value is -0.610. The van der Waals surface area contributed by atoms with Gasteiger partial charge < -0.3 is 10.5 Å². The molecule has 0 saturated heterocycles. The van der Waals surface area contributed by atoms with E-state index in [0.717, 1.165) is 0 Å². The fourth-order valence-corrected chi connectivity index (χ4v) is 1.49. The first kappa shape index (κ1) is 10.5. The van der Waals surface area contributed by atoms with Gasteiger partial charge in [0, 0.05) is 11.6 Å². The van der Waals surface area contributed by atoms with Gasteiger partial charge in [-0.1, -0.05) is 0 Å². The van der Waals surface area contributed by atoms with Gasteiger partial charge in [0.25, 0.3) is 0 Å². The van der Waals surface area contributed by atoms with Crippen LogP contribution in [0.15, 0.2) is 16.6 Å². The Bertz CT molecular complexity index is 315. The van der Waals surface area contributed by atoms with Crippen molar-refractivity contribution >= 4 is 15.9 Å². The number of nitrogens with two attached hydrogens (primary N) is 1. The van der Waals surface area contributed by atoms with Crippen molar-refractivity contribution in [3.63, 3.8) is 0 Å². The van der Waals surface area contributed by atoms with Crippen molar-refractivity contribution in [2.45, 2.75) is 13.0 Å². The van der Waals surface area contributed by atoms with Crippen LogP contribution in [0.2, 0.25) is 0 Å². The van der Waals surface area contributed by atoms with E-state index in [1.165, 1.54) is 7.11 Å². The summed E-state index contributed by atoms with van der Waals surface area (Å²) in [6.07, 6.45) is 0. The van der Waals surface area contributed by atoms with E-state index < -0.39 is 0 Å². The van der Waals surface area contributed by atoms with Crippen molar-refractivity contribution in [2.24, 2.45) is 5.73 Å². The van der Waals surface area contributed by atoms with E-state index in [9.17, 15) is 4.39 Å². The molecule has 0 aromatic heterocycles. The lowest BCUT2D eigenvalue weighted by Crippen LogP contribution is -2.08. The molecule has 72 valence electrons. The number of hydrogen-bond acceptors (Lipinski definition) is 2. The van der Waals surface area contributed by atoms with Crippen LogP contribution in [0.4, 0.5) is 4.39 Å². The normalized spacial score (nSPS) is 12.7. The second-order valence-corrected chi connectivity index (χ2v) is 3.66. The molecule has 1 atom stereocenters. The quantitative estimate of drug-likeness (QED) is 0.873. The van der Waals surface area contributed by atoms with E-state index in [4.69, 9.17) is 10.5 Å². The van der Waals surface area contributed by atoms with Crippen LogP contribution in [0.5, 0.6) is 5.75 Å². The standard InChI is InChI=1S/C9H11BrFNO/c1-5(12)7-3-6(13-2)4-8(10)9(7)11/h3-5H,12H2,1-2H3. The predicted octanol–water partition coefficient (Wildman–Crippen LogP) is 2.62. The van der Waals surface area contributed by atoms with E-state index in [1.54, 1.807) is 19.1 Å². The second-order valence-electron chi connectivity index (χ2n) is 2.80. The molecule has 0 radical (unpaired) electrons. The molecule has 2 N–H and O–H groups in total. The molecular weight excluding hydrogens is 237 g/mol. The average molecular weight is 248 g/mol. The van der Waals surface area contributed by atoms with Gasteiger partial charge in [0.15, 0.2) is 0 Å². The summed E-state index contributed by atoms with van der Waals surface area (Å²) < 4.78 is 18.7. The van der Waals surface area contributed by atoms with Crippen LogP contribution in [-0.2, 0) is 0 Å². The molecule has 0 heterocycles. The van der Waals surface area contributed by atoms with Crippen LogP contribution in [0, 0.1) is 5.82 Å². The van der Waals surface area contributed by atoms with Crippen molar-refractivity contribution in [2.75, 3.05) is 7.11 Å². The topological polar surface area (TPSA) is 35.2 Å². The van der Waals surface area contributed by atoms with Crippen molar-refractivity contribution in [1.82, 2.24) is 0 Å². The Morgan fingerprint density at radius 2 is 2.15 bits per heavy atom. The Morgan fingerprint density at radius 3 is 2.62 bits per heavy atom. The van der Waals surface area contributed by atoms with Gasteiger partial charge in [-0.25, -0.2) is 4.39 Å². The maximum atomic E-state index is 13.4. The molecule has 1 unspecified atom stereocenters. The average Bonchev–Trinajstić information content (AvgIpc) is 2.09. The zero-order chi connectivity index (χ0) is 10.0. The van der Waals surface area contributed by atoms with Gasteiger partial charge in [-0.2, -0.15) is 0 Å². The number of rotatable bonds is 2. The highest BCUT2D eigenvalue weighted by molar-refractivity contribution is 9.10. The zero-order valence-electron chi connectivity index (χ0n) is 7.47. The molecule has 1 aromatic rings. The molecule has 0 spiro atoms. The number of hydrogen-bond donors (Lipinski definition) is 1. The van der Waals surface area contributed by atoms with Crippen LogP contribution in [0.3, 0.4) is 0 Å². The van der Waals surface area contributed by atoms with E-state index >= 15 is 0 Å². The summed E-state index contributed by atoms with van der Waals surface area (Å²) in [5.41, 5.74) is 6.04. The molecule has 0 aliphatic heterocycles. The third-order valence-corrected chi connectivity index (χ3v) is 2.33. The van der Waals surface area contributed by atoms with E-state index in [2.05, 4.69) is 15.9 Å². The predicted molar refractivity (Wildman–Crippen MR) is 53.3 cm³/mol. The van der Waals surface area contributed by atoms with Crippen LogP contribution in [0.1, 0.15) is 18.5 Å². The van der Waals surface area contributed by atoms with Gasteiger partial charge in [-0.3, -0.25) is 0 Å². The molecule has 1 aromatic carbocycles. The van der Waals surface area contributed by atoms with Crippen LogP contribution >= 0.6 is 15.9 Å². The number of ether oxygens (including phenoxy) is 1. The molecule has 0 fully saturated rings. The maximum absolute atomic E-state index is 13.4. The molecule has 4 heteroatoms. The van der Waals surface area contributed by atoms with Gasteiger partial charge in [0.05, 0.1) is 11.6 Å². The molecule has 0 aliphatic rings. The first-order valence-electron chi connectivity index (χ1n) is 3.84. The lowest BCUT2D eigenvalue weighted by Gasteiger charge is -2.10. The van der Waals surface area contributed by atoms with Crippen LogP contribution in [0.25, 0.3) is 0 Å². The number of methoxy groups -OCH3 is 1. The van der Waals surface area contributed by atoms with E-state index in [0.29, 0.717) is 15.8 Å². The summed E-state index contributed by atoms with van der Waals surface area (Å²) in [6, 6.07) is 2.83. The summed E-state index contributed by atoms with van der Waals surface area (Å²) in [6.45, 7) is 1.73. The summed E-state index contributed by atoms with van der Waals surface area (Å²) in [4.78, 5) is 0. The third kappa shape index (κ3) is 2.19. The Balaban J connectivity index is 3.25. The lowest BCUT2D eigenvalue weighted by atomic mass is 10.1. The first-order chi connectivity index (χ1) is 6.06. The molecular formula is C9H11BrFNO. The van der Waals surface area contributed by atoms with Crippen LogP contribution < -0.4 is 10.5 Å². The number of halogens is 2. The molecule has 13 heavy (non-hydrogen) atoms. The van der Waals surface area contributed by atoms with Crippen molar-refractivity contribution in [1.29, 1.82) is 0 Å². The summed E-state index contributed by atoms with van der Waals surface area (Å²) in [7, 11) is 1.53. The smallest absolute Gasteiger partial charge is 0.142 e. The largest absolute Gasteiger partial charge is 0.497 e. The van der Waals surface area contributed by atoms with Gasteiger partial charge in [-0.05, 0) is 35.0 Å². The Kier molecular flexibility index (Phi) is 3.27. The summed E-state index contributed by atoms with van der Waals surface area (Å²) in [5.74, 6) is 0.274. The van der Waals surface area contributed by atoms with Crippen molar-refractivity contribution in [3.8, 4) is 5.75 Å². The first-order valence-corrected chi connectivity index (χ1v) is 4.64. The fourth-order valence-electron chi connectivity index (χ4n) is 1.03. The molecule has 0 bridgehead atoms. The van der Waals surface area contributed by atoms with Gasteiger partial charge in [0.1, 0.15) is 11.6 Å². The Labute approximate surface area is 85.0 Å². The van der Waals surface area contributed by atoms with Gasteiger partial charge >= 0.3 is 0 Å². The minimum Gasteiger partial charge on any atom is -0.497 e. The van der Waals surface area contributed by atoms with Crippen molar-refractivity contribution < 1.29 is 9.13 Å². The molecule has 0 saturated carbocycles. The fraction of sp³-hybridized carbons (Fsp3) is 0.333. The summed E-state index contributed by atoms with van der Waals surface area (Å²) in [5, 5.41) is 0. The highest BCUT2D eigenvalue weighted by Crippen LogP contribution is 2.28. The Morgan fingerprint density at radius 1 is 1.54 bits per heavy atom. The van der Waals surface area contributed by atoms with E-state index in [-0.39, 0.29) is 11.9 Å². The highest BCUT2D eigenvalue weighted by Gasteiger charge is 2.12. The maximum Gasteiger partial charge on any atom is 0.142 e. The minimum absolute atomic E-state index is 0.323. The van der Waals surface area contributed by atoms with Crippen molar-refractivity contribution in [3.05, 3.63) is 28.0 Å². The summed E-state index contributed by atoms with van der Waals surface area (Å²) >= 11 is 3.10. The van der Waals surface area contributed by atoms with Crippen LogP contribution in [-0.4, -0.2) is 7.11 Å². The molecule has 2 nitrogen and oxygen atoms in total. The second kappa shape index (κ2) is 4.07. The molecule has 1 rings (SSSR count). The van der Waals surface area contributed by atoms with E-state index in [1.807, 2.05) is 0 Å². The molecule has 0 amide bonds. The zero-order valence-corrected chi connectivity index (χ0v) is 9.06. The third-order valence-electron chi connectivity index (χ3n) is 1.76. The minimum atomic E-state index is -0.341. The van der Waals surface area contributed by atoms with Gasteiger partial charge in [0.2, 0.25) is 0 Å². The number of benzene rings is 1. The lowest BCUT2D eigenvalue weighted by molar-refractivity contribution is 0.411. The molecule has 0 aliphatic carbocycles. The highest BCUT2D eigenvalue weighted by atomic mass is 79.9. The monoisotopic (exact) mass is 247 g/mol.